The molecule has 0 N–H and O–H groups in total. The lowest BCUT2D eigenvalue weighted by molar-refractivity contribution is -0.275. The molecule has 0 aliphatic heterocycles. The molecule has 242 valence electrons. The van der Waals surface area contributed by atoms with Gasteiger partial charge in [0.05, 0.1) is 40.9 Å². The summed E-state index contributed by atoms with van der Waals surface area (Å²) in [6, 6.07) is 15.7. The molecule has 16 heteroatoms. The van der Waals surface area contributed by atoms with E-state index in [1.807, 2.05) is 19.9 Å². The first-order chi connectivity index (χ1) is 21.6. The summed E-state index contributed by atoms with van der Waals surface area (Å²) < 4.78 is 110. The standard InChI is InChI=1S/C15H10F5N3O.C13H8F3N3O.C2H6/c1-14(16,17)12-8-22-23-13(12)6-10(7-21-23)9-2-4-11(5-3-9)24-15(18,19)20;14-13(15,16)20-11-3-1-9(2-4-11)12-7-10-5-6-18-19(10)8-17-12;1-2/h2-8H,1H3;1-8H;1-2H3. The second-order valence-electron chi connectivity index (χ2n) is 9.18. The second-order valence-corrected chi connectivity index (χ2v) is 9.18. The first-order valence-corrected chi connectivity index (χ1v) is 13.4. The fourth-order valence-corrected chi connectivity index (χ4v) is 4.04. The fourth-order valence-electron chi connectivity index (χ4n) is 4.04. The molecular weight excluding hydrogens is 628 g/mol. The van der Waals surface area contributed by atoms with Crippen LogP contribution >= 0.6 is 0 Å². The molecule has 2 aromatic carbocycles. The first kappa shape index (κ1) is 33.6. The maximum absolute atomic E-state index is 13.6. The van der Waals surface area contributed by atoms with E-state index in [-0.39, 0.29) is 22.6 Å². The molecule has 6 rings (SSSR count). The van der Waals surface area contributed by atoms with Crippen molar-refractivity contribution in [1.29, 1.82) is 0 Å². The molecule has 0 fully saturated rings. The molecule has 0 unspecified atom stereocenters. The van der Waals surface area contributed by atoms with Crippen LogP contribution in [0.15, 0.2) is 91.6 Å². The number of alkyl halides is 8. The number of benzene rings is 2. The lowest BCUT2D eigenvalue weighted by Gasteiger charge is -2.10. The summed E-state index contributed by atoms with van der Waals surface area (Å²) in [5.74, 6) is -3.72. The van der Waals surface area contributed by atoms with Crippen LogP contribution in [0.1, 0.15) is 26.3 Å². The van der Waals surface area contributed by atoms with Crippen LogP contribution in [0.5, 0.6) is 11.5 Å². The van der Waals surface area contributed by atoms with E-state index in [4.69, 9.17) is 0 Å². The number of ether oxygens (including phenoxy) is 2. The SMILES string of the molecule is CC.CC(F)(F)c1cnn2ncc(-c3ccc(OC(F)(F)F)cc3)cc12.FC(F)(F)Oc1ccc(-c2cc3ccnn3cn2)cc1. The van der Waals surface area contributed by atoms with Crippen LogP contribution < -0.4 is 9.47 Å². The van der Waals surface area contributed by atoms with E-state index in [2.05, 4.69) is 29.8 Å². The third kappa shape index (κ3) is 8.67. The van der Waals surface area contributed by atoms with E-state index in [1.54, 1.807) is 23.1 Å². The van der Waals surface area contributed by atoms with E-state index < -0.39 is 18.6 Å². The Morgan fingerprint density at radius 3 is 1.72 bits per heavy atom. The van der Waals surface area contributed by atoms with Crippen LogP contribution in [-0.4, -0.2) is 42.2 Å². The minimum atomic E-state index is -4.78. The van der Waals surface area contributed by atoms with Crippen molar-refractivity contribution in [3.63, 3.8) is 0 Å². The van der Waals surface area contributed by atoms with E-state index in [1.165, 1.54) is 48.7 Å². The minimum Gasteiger partial charge on any atom is -0.406 e. The lowest BCUT2D eigenvalue weighted by atomic mass is 10.1. The van der Waals surface area contributed by atoms with Crippen LogP contribution in [0, 0.1) is 0 Å². The third-order valence-corrected chi connectivity index (χ3v) is 5.96. The molecular formula is C30H24F8N6O2. The molecule has 46 heavy (non-hydrogen) atoms. The summed E-state index contributed by atoms with van der Waals surface area (Å²) in [5.41, 5.74) is 3.01. The number of nitrogens with zero attached hydrogens (tertiary/aromatic N) is 6. The van der Waals surface area contributed by atoms with Crippen molar-refractivity contribution in [1.82, 2.24) is 29.4 Å². The van der Waals surface area contributed by atoms with Crippen molar-refractivity contribution in [3.05, 3.63) is 97.2 Å². The summed E-state index contributed by atoms with van der Waals surface area (Å²) in [4.78, 5) is 4.19. The van der Waals surface area contributed by atoms with Crippen molar-refractivity contribution in [2.45, 2.75) is 39.4 Å². The average Bonchev–Trinajstić information content (AvgIpc) is 3.64. The predicted molar refractivity (Wildman–Crippen MR) is 151 cm³/mol. The Balaban J connectivity index is 0.000000201. The number of hydrogen-bond acceptors (Lipinski definition) is 6. The number of hydrogen-bond donors (Lipinski definition) is 0. The molecule has 0 bridgehead atoms. The zero-order chi connectivity index (χ0) is 33.7. The van der Waals surface area contributed by atoms with E-state index in [0.29, 0.717) is 22.4 Å². The van der Waals surface area contributed by atoms with Crippen molar-refractivity contribution >= 4 is 11.0 Å². The lowest BCUT2D eigenvalue weighted by Crippen LogP contribution is -2.16. The maximum Gasteiger partial charge on any atom is 0.573 e. The van der Waals surface area contributed by atoms with E-state index >= 15 is 0 Å². The monoisotopic (exact) mass is 652 g/mol. The number of aromatic nitrogens is 6. The van der Waals surface area contributed by atoms with E-state index in [0.717, 1.165) is 35.4 Å². The quantitative estimate of drug-likeness (QED) is 0.173. The van der Waals surface area contributed by atoms with Crippen molar-refractivity contribution < 1.29 is 44.6 Å². The van der Waals surface area contributed by atoms with Gasteiger partial charge in [-0.05, 0) is 60.2 Å². The van der Waals surface area contributed by atoms with Crippen LogP contribution in [-0.2, 0) is 5.92 Å². The second kappa shape index (κ2) is 13.4. The molecule has 0 saturated carbocycles. The van der Waals surface area contributed by atoms with Crippen LogP contribution in [0.25, 0.3) is 33.4 Å². The topological polar surface area (TPSA) is 78.8 Å². The summed E-state index contributed by atoms with van der Waals surface area (Å²) in [6.45, 7) is 4.75. The van der Waals surface area contributed by atoms with Gasteiger partial charge in [0.15, 0.2) is 0 Å². The summed E-state index contributed by atoms with van der Waals surface area (Å²) in [5, 5.41) is 11.7. The zero-order valence-corrected chi connectivity index (χ0v) is 24.2. The Hall–Kier alpha value is -5.28. The Morgan fingerprint density at radius 2 is 1.17 bits per heavy atom. The molecule has 0 aliphatic carbocycles. The highest BCUT2D eigenvalue weighted by molar-refractivity contribution is 5.70. The van der Waals surface area contributed by atoms with Gasteiger partial charge in [-0.1, -0.05) is 26.0 Å². The van der Waals surface area contributed by atoms with Gasteiger partial charge >= 0.3 is 12.7 Å². The van der Waals surface area contributed by atoms with Gasteiger partial charge in [-0.3, -0.25) is 0 Å². The molecule has 0 radical (unpaired) electrons. The van der Waals surface area contributed by atoms with Gasteiger partial charge in [0, 0.05) is 18.1 Å². The molecule has 0 spiro atoms. The molecule has 0 amide bonds. The van der Waals surface area contributed by atoms with Crippen molar-refractivity contribution in [3.8, 4) is 33.9 Å². The molecule has 0 saturated heterocycles. The molecule has 4 aromatic heterocycles. The van der Waals surface area contributed by atoms with Gasteiger partial charge < -0.3 is 9.47 Å². The predicted octanol–water partition coefficient (Wildman–Crippen LogP) is 8.73. The molecule has 8 nitrogen and oxygen atoms in total. The smallest absolute Gasteiger partial charge is 0.406 e. The molecule has 0 atom stereocenters. The summed E-state index contributed by atoms with van der Waals surface area (Å²) in [7, 11) is 0. The molecule has 0 aliphatic rings. The summed E-state index contributed by atoms with van der Waals surface area (Å²) >= 11 is 0. The zero-order valence-electron chi connectivity index (χ0n) is 24.2. The Kier molecular flexibility index (Phi) is 9.77. The molecule has 4 heterocycles. The fraction of sp³-hybridized carbons (Fsp3) is 0.200. The van der Waals surface area contributed by atoms with E-state index in [9.17, 15) is 35.1 Å². The normalized spacial score (nSPS) is 11.8. The Morgan fingerprint density at radius 1 is 0.630 bits per heavy atom. The number of halogens is 8. The van der Waals surface area contributed by atoms with Crippen molar-refractivity contribution in [2.24, 2.45) is 0 Å². The van der Waals surface area contributed by atoms with Gasteiger partial charge in [-0.25, -0.2) is 18.3 Å². The largest absolute Gasteiger partial charge is 0.573 e. The minimum absolute atomic E-state index is 0.121. The van der Waals surface area contributed by atoms with Gasteiger partial charge in [-0.15, -0.1) is 26.3 Å². The van der Waals surface area contributed by atoms with Gasteiger partial charge in [0.25, 0.3) is 5.92 Å². The first-order valence-electron chi connectivity index (χ1n) is 13.4. The van der Waals surface area contributed by atoms with Gasteiger partial charge in [0.2, 0.25) is 0 Å². The highest BCUT2D eigenvalue weighted by Gasteiger charge is 2.32. The van der Waals surface area contributed by atoms with Crippen LogP contribution in [0.3, 0.4) is 0 Å². The number of fused-ring (bicyclic) bond motifs is 2. The Bertz CT molecular complexity index is 1880. The highest BCUT2D eigenvalue weighted by atomic mass is 19.4. The third-order valence-electron chi connectivity index (χ3n) is 5.96. The maximum atomic E-state index is 13.6. The van der Waals surface area contributed by atoms with Crippen molar-refractivity contribution in [2.75, 3.05) is 0 Å². The highest BCUT2D eigenvalue weighted by Crippen LogP contribution is 2.32. The number of rotatable bonds is 5. The van der Waals surface area contributed by atoms with Crippen LogP contribution in [0.2, 0.25) is 0 Å². The van der Waals surface area contributed by atoms with Gasteiger partial charge in [0.1, 0.15) is 17.8 Å². The summed E-state index contributed by atoms with van der Waals surface area (Å²) in [6.07, 6.45) is -3.85. The Labute approximate surface area is 255 Å². The average molecular weight is 653 g/mol. The van der Waals surface area contributed by atoms with Crippen LogP contribution in [0.4, 0.5) is 35.1 Å². The van der Waals surface area contributed by atoms with Gasteiger partial charge in [-0.2, -0.15) is 19.9 Å². The molecule has 6 aromatic rings.